The van der Waals surface area contributed by atoms with Crippen molar-refractivity contribution in [3.63, 3.8) is 0 Å². The number of amides is 2. The van der Waals surface area contributed by atoms with E-state index in [0.717, 1.165) is 43.9 Å². The van der Waals surface area contributed by atoms with Crippen LogP contribution in [0, 0.1) is 0 Å². The molecular formula is C24H27N3O2. The number of nitrogens with zero attached hydrogens (tertiary/aromatic N) is 2. The maximum Gasteiger partial charge on any atom is 0.243 e. The first-order valence-electron chi connectivity index (χ1n) is 10.2. The molecule has 1 fully saturated rings. The second-order valence-electron chi connectivity index (χ2n) is 7.80. The van der Waals surface area contributed by atoms with E-state index in [0.29, 0.717) is 0 Å². The average molecular weight is 389 g/mol. The number of hydrogen-bond donors (Lipinski definition) is 1. The van der Waals surface area contributed by atoms with Gasteiger partial charge >= 0.3 is 0 Å². The summed E-state index contributed by atoms with van der Waals surface area (Å²) >= 11 is 0. The number of carbonyl (C=O) groups is 2. The number of nitrogens with one attached hydrogen (secondary N) is 1. The van der Waals surface area contributed by atoms with Crippen LogP contribution in [0.4, 0.5) is 11.4 Å². The van der Waals surface area contributed by atoms with Gasteiger partial charge in [0.2, 0.25) is 11.8 Å². The summed E-state index contributed by atoms with van der Waals surface area (Å²) in [4.78, 5) is 28.2. The van der Waals surface area contributed by atoms with Crippen LogP contribution >= 0.6 is 0 Å². The maximum atomic E-state index is 12.0. The number of piperidine rings is 1. The van der Waals surface area contributed by atoms with Crippen LogP contribution in [0.3, 0.4) is 0 Å². The molecule has 150 valence electrons. The first-order valence-corrected chi connectivity index (χ1v) is 10.2. The van der Waals surface area contributed by atoms with Crippen LogP contribution in [0.2, 0.25) is 0 Å². The molecule has 2 amide bonds. The Labute approximate surface area is 172 Å². The van der Waals surface area contributed by atoms with Crippen molar-refractivity contribution in [1.29, 1.82) is 0 Å². The molecule has 0 spiro atoms. The monoisotopic (exact) mass is 389 g/mol. The fraction of sp³-hybridized carbons (Fsp3) is 0.333. The van der Waals surface area contributed by atoms with Crippen molar-refractivity contribution in [3.05, 3.63) is 72.3 Å². The summed E-state index contributed by atoms with van der Waals surface area (Å²) in [5.74, 6) is 0.152. The summed E-state index contributed by atoms with van der Waals surface area (Å²) < 4.78 is 0. The Bertz CT molecular complexity index is 925. The molecule has 1 N–H and O–H groups in total. The molecule has 1 saturated heterocycles. The normalized spacial score (nSPS) is 20.9. The first-order chi connectivity index (χ1) is 14.1. The lowest BCUT2D eigenvalue weighted by Gasteiger charge is -2.40. The highest BCUT2D eigenvalue weighted by molar-refractivity contribution is 5.94. The molecule has 4 rings (SSSR count). The molecule has 0 bridgehead atoms. The zero-order valence-corrected chi connectivity index (χ0v) is 16.8. The van der Waals surface area contributed by atoms with Crippen LogP contribution < -0.4 is 15.1 Å². The van der Waals surface area contributed by atoms with Crippen molar-refractivity contribution in [2.45, 2.75) is 31.7 Å². The summed E-state index contributed by atoms with van der Waals surface area (Å²) in [5.41, 5.74) is 4.62. The van der Waals surface area contributed by atoms with E-state index >= 15 is 0 Å². The van der Waals surface area contributed by atoms with Crippen LogP contribution in [0.25, 0.3) is 0 Å². The Kier molecular flexibility index (Phi) is 5.38. The minimum Gasteiger partial charge on any atom is -0.371 e. The van der Waals surface area contributed by atoms with E-state index in [9.17, 15) is 9.59 Å². The van der Waals surface area contributed by atoms with Crippen molar-refractivity contribution in [3.8, 4) is 0 Å². The van der Waals surface area contributed by atoms with Crippen molar-refractivity contribution in [1.82, 2.24) is 5.32 Å². The largest absolute Gasteiger partial charge is 0.371 e. The molecule has 0 aromatic heterocycles. The summed E-state index contributed by atoms with van der Waals surface area (Å²) in [5, 5.41) is 3.12. The fourth-order valence-corrected chi connectivity index (χ4v) is 4.53. The Balaban J connectivity index is 1.60. The summed E-state index contributed by atoms with van der Waals surface area (Å²) in [6, 6.07) is 16.9. The van der Waals surface area contributed by atoms with Gasteiger partial charge in [0, 0.05) is 49.9 Å². The molecule has 2 unspecified atom stereocenters. The van der Waals surface area contributed by atoms with Gasteiger partial charge < -0.3 is 15.1 Å². The highest BCUT2D eigenvalue weighted by atomic mass is 16.2. The molecule has 29 heavy (non-hydrogen) atoms. The lowest BCUT2D eigenvalue weighted by Crippen LogP contribution is -2.49. The van der Waals surface area contributed by atoms with Gasteiger partial charge in [-0.3, -0.25) is 9.59 Å². The van der Waals surface area contributed by atoms with E-state index in [1.54, 1.807) is 6.92 Å². The summed E-state index contributed by atoms with van der Waals surface area (Å²) in [7, 11) is 0. The third-order valence-electron chi connectivity index (χ3n) is 6.06. The summed E-state index contributed by atoms with van der Waals surface area (Å²) in [6.45, 7) is 7.63. The van der Waals surface area contributed by atoms with Gasteiger partial charge in [-0.05, 0) is 42.2 Å². The van der Waals surface area contributed by atoms with E-state index in [1.807, 2.05) is 23.1 Å². The minimum atomic E-state index is -0.126. The van der Waals surface area contributed by atoms with Crippen LogP contribution in [0.15, 0.2) is 61.2 Å². The van der Waals surface area contributed by atoms with Crippen LogP contribution in [-0.4, -0.2) is 37.5 Å². The topological polar surface area (TPSA) is 52.7 Å². The first kappa shape index (κ1) is 19.2. The van der Waals surface area contributed by atoms with E-state index < -0.39 is 0 Å². The van der Waals surface area contributed by atoms with Gasteiger partial charge in [0.25, 0.3) is 0 Å². The van der Waals surface area contributed by atoms with Gasteiger partial charge in [0.15, 0.2) is 0 Å². The number of carbonyl (C=O) groups excluding carboxylic acids is 2. The number of fused-ring (bicyclic) bond motifs is 1. The molecule has 2 atom stereocenters. The van der Waals surface area contributed by atoms with Crippen LogP contribution in [0.5, 0.6) is 0 Å². The maximum absolute atomic E-state index is 12.0. The Morgan fingerprint density at radius 2 is 1.93 bits per heavy atom. The molecule has 5 nitrogen and oxygen atoms in total. The third kappa shape index (κ3) is 3.90. The Morgan fingerprint density at radius 1 is 1.14 bits per heavy atom. The Morgan fingerprint density at radius 3 is 2.66 bits per heavy atom. The Hall–Kier alpha value is -3.08. The van der Waals surface area contributed by atoms with Gasteiger partial charge in [0.1, 0.15) is 0 Å². The lowest BCUT2D eigenvalue weighted by atomic mass is 9.85. The molecular weight excluding hydrogens is 362 g/mol. The van der Waals surface area contributed by atoms with Crippen molar-refractivity contribution in [2.24, 2.45) is 0 Å². The van der Waals surface area contributed by atoms with Crippen LogP contribution in [0.1, 0.15) is 30.4 Å². The second kappa shape index (κ2) is 8.11. The van der Waals surface area contributed by atoms with Gasteiger partial charge in [-0.2, -0.15) is 0 Å². The number of benzene rings is 2. The second-order valence-corrected chi connectivity index (χ2v) is 7.80. The molecule has 2 aromatic rings. The van der Waals surface area contributed by atoms with Gasteiger partial charge in [-0.15, -0.1) is 0 Å². The molecule has 0 radical (unpaired) electrons. The minimum absolute atomic E-state index is 0.0716. The predicted octanol–water partition coefficient (Wildman–Crippen LogP) is 3.26. The van der Waals surface area contributed by atoms with E-state index in [2.05, 4.69) is 47.1 Å². The quantitative estimate of drug-likeness (QED) is 0.817. The van der Waals surface area contributed by atoms with E-state index in [4.69, 9.17) is 0 Å². The lowest BCUT2D eigenvalue weighted by molar-refractivity contribution is -0.117. The molecule has 2 aliphatic heterocycles. The highest BCUT2D eigenvalue weighted by Gasteiger charge is 2.32. The molecule has 0 aliphatic carbocycles. The number of hydrogen-bond acceptors (Lipinski definition) is 3. The van der Waals surface area contributed by atoms with Gasteiger partial charge in [-0.25, -0.2) is 0 Å². The smallest absolute Gasteiger partial charge is 0.243 e. The molecule has 2 aliphatic rings. The SMILES string of the molecule is C=CC(=O)NC1CCN(c2ccc3c(c2)N(C(C)=O)CC3)CC1c1ccccc1. The zero-order chi connectivity index (χ0) is 20.4. The van der Waals surface area contributed by atoms with E-state index in [-0.39, 0.29) is 23.8 Å². The van der Waals surface area contributed by atoms with Crippen molar-refractivity contribution < 1.29 is 9.59 Å². The predicted molar refractivity (Wildman–Crippen MR) is 116 cm³/mol. The van der Waals surface area contributed by atoms with Crippen LogP contribution in [-0.2, 0) is 16.0 Å². The standard InChI is InChI=1S/C24H27N3O2/c1-3-24(29)25-22-12-13-26(16-21(22)18-7-5-4-6-8-18)20-10-9-19-11-14-27(17(2)28)23(19)15-20/h3-10,15,21-22H,1,11-14,16H2,2H3,(H,25,29). The number of rotatable bonds is 4. The van der Waals surface area contributed by atoms with Gasteiger partial charge in [0.05, 0.1) is 0 Å². The van der Waals surface area contributed by atoms with Gasteiger partial charge in [-0.1, -0.05) is 43.0 Å². The molecule has 0 saturated carbocycles. The fourth-order valence-electron chi connectivity index (χ4n) is 4.53. The molecule has 2 aromatic carbocycles. The van der Waals surface area contributed by atoms with Crippen molar-refractivity contribution in [2.75, 3.05) is 29.4 Å². The third-order valence-corrected chi connectivity index (χ3v) is 6.06. The average Bonchev–Trinajstić information content (AvgIpc) is 3.18. The zero-order valence-electron chi connectivity index (χ0n) is 16.8. The summed E-state index contributed by atoms with van der Waals surface area (Å²) in [6.07, 6.45) is 3.11. The molecule has 5 heteroatoms. The molecule has 2 heterocycles. The van der Waals surface area contributed by atoms with Crippen molar-refractivity contribution >= 4 is 23.2 Å². The number of anilines is 2. The highest BCUT2D eigenvalue weighted by Crippen LogP contribution is 2.35. The van der Waals surface area contributed by atoms with E-state index in [1.165, 1.54) is 17.2 Å².